The molecule has 134 valence electrons. The number of benzene rings is 3. The number of phenolic OH excluding ortho intramolecular Hbond substituents is 1. The molecule has 1 N–H and O–H groups in total. The number of rotatable bonds is 3. The minimum Gasteiger partial charge on any atom is -0.508 e. The zero-order valence-corrected chi connectivity index (χ0v) is 15.3. The summed E-state index contributed by atoms with van der Waals surface area (Å²) in [6.07, 6.45) is 0. The van der Waals surface area contributed by atoms with Crippen molar-refractivity contribution in [1.82, 2.24) is 5.16 Å². The Labute approximate surface area is 164 Å². The van der Waals surface area contributed by atoms with E-state index in [1.165, 1.54) is 24.3 Å². The van der Waals surface area contributed by atoms with Crippen LogP contribution in [-0.4, -0.2) is 10.3 Å². The molecule has 3 aromatic carbocycles. The normalized spacial score (nSPS) is 10.9. The Balaban J connectivity index is 2.04. The number of aromatic hydroxyl groups is 1. The van der Waals surface area contributed by atoms with Crippen molar-refractivity contribution in [1.29, 1.82) is 0 Å². The molecule has 0 saturated heterocycles. The highest BCUT2D eigenvalue weighted by molar-refractivity contribution is 6.34. The monoisotopic (exact) mass is 399 g/mol. The van der Waals surface area contributed by atoms with E-state index in [0.717, 1.165) is 0 Å². The van der Waals surface area contributed by atoms with Crippen molar-refractivity contribution >= 4 is 23.2 Å². The van der Waals surface area contributed by atoms with Gasteiger partial charge in [0.25, 0.3) is 0 Å². The van der Waals surface area contributed by atoms with E-state index in [4.69, 9.17) is 27.7 Å². The van der Waals surface area contributed by atoms with Crippen molar-refractivity contribution in [2.24, 2.45) is 0 Å². The second-order valence-electron chi connectivity index (χ2n) is 5.86. The van der Waals surface area contributed by atoms with Crippen LogP contribution in [0.1, 0.15) is 0 Å². The van der Waals surface area contributed by atoms with Crippen molar-refractivity contribution in [2.45, 2.75) is 0 Å². The summed E-state index contributed by atoms with van der Waals surface area (Å²) in [4.78, 5) is 0. The van der Waals surface area contributed by atoms with Gasteiger partial charge in [-0.2, -0.15) is 0 Å². The molecule has 0 fully saturated rings. The molecule has 0 aliphatic heterocycles. The molecule has 6 heteroatoms. The van der Waals surface area contributed by atoms with Gasteiger partial charge < -0.3 is 9.63 Å². The van der Waals surface area contributed by atoms with E-state index in [1.54, 1.807) is 36.4 Å². The van der Waals surface area contributed by atoms with Crippen LogP contribution in [0.3, 0.4) is 0 Å². The molecule has 0 unspecified atom stereocenters. The quantitative estimate of drug-likeness (QED) is 0.410. The fourth-order valence-corrected chi connectivity index (χ4v) is 3.39. The van der Waals surface area contributed by atoms with Crippen LogP contribution < -0.4 is 0 Å². The number of hydrogen-bond donors (Lipinski definition) is 1. The average molecular weight is 400 g/mol. The lowest BCUT2D eigenvalue weighted by Crippen LogP contribution is -1.90. The molecule has 1 heterocycles. The molecule has 0 amide bonds. The highest BCUT2D eigenvalue weighted by Gasteiger charge is 2.25. The summed E-state index contributed by atoms with van der Waals surface area (Å²) >= 11 is 12.7. The van der Waals surface area contributed by atoms with Crippen LogP contribution in [0.5, 0.6) is 5.75 Å². The summed E-state index contributed by atoms with van der Waals surface area (Å²) in [6, 6.07) is 18.0. The molecular formula is C21H12Cl2FNO2. The number of nitrogens with zero attached hydrogens (tertiary/aromatic N) is 1. The van der Waals surface area contributed by atoms with Gasteiger partial charge in [0.05, 0.1) is 16.1 Å². The molecule has 3 nitrogen and oxygen atoms in total. The molecule has 0 radical (unpaired) electrons. The molecule has 4 rings (SSSR count). The summed E-state index contributed by atoms with van der Waals surface area (Å²) < 4.78 is 20.1. The van der Waals surface area contributed by atoms with E-state index >= 15 is 0 Å². The first-order valence-corrected chi connectivity index (χ1v) is 8.80. The Morgan fingerprint density at radius 2 is 1.52 bits per heavy atom. The van der Waals surface area contributed by atoms with E-state index in [1.807, 2.05) is 6.07 Å². The van der Waals surface area contributed by atoms with Gasteiger partial charge in [0.15, 0.2) is 5.76 Å². The molecule has 1 aromatic heterocycles. The number of aromatic nitrogens is 1. The summed E-state index contributed by atoms with van der Waals surface area (Å²) in [5, 5.41) is 14.3. The zero-order chi connectivity index (χ0) is 19.0. The van der Waals surface area contributed by atoms with Crippen LogP contribution in [0.2, 0.25) is 10.0 Å². The molecule has 0 spiro atoms. The third kappa shape index (κ3) is 3.18. The molecule has 0 aliphatic carbocycles. The summed E-state index contributed by atoms with van der Waals surface area (Å²) in [5.74, 6) is 0.00806. The van der Waals surface area contributed by atoms with Crippen LogP contribution in [0, 0.1) is 5.82 Å². The summed E-state index contributed by atoms with van der Waals surface area (Å²) in [7, 11) is 0. The third-order valence-electron chi connectivity index (χ3n) is 4.16. The first-order valence-electron chi connectivity index (χ1n) is 8.04. The molecule has 0 aliphatic rings. The first-order chi connectivity index (χ1) is 13.1. The second kappa shape index (κ2) is 7.06. The SMILES string of the molecule is Oc1ccc(-c2onc(-c3c(F)cccc3Cl)c2-c2ccccc2Cl)cc1. The summed E-state index contributed by atoms with van der Waals surface area (Å²) in [5.41, 5.74) is 2.22. The fourth-order valence-electron chi connectivity index (χ4n) is 2.91. The van der Waals surface area contributed by atoms with Gasteiger partial charge in [0.1, 0.15) is 17.3 Å². The van der Waals surface area contributed by atoms with Crippen molar-refractivity contribution in [3.63, 3.8) is 0 Å². The number of hydrogen-bond acceptors (Lipinski definition) is 3. The van der Waals surface area contributed by atoms with Crippen molar-refractivity contribution in [2.75, 3.05) is 0 Å². The summed E-state index contributed by atoms with van der Waals surface area (Å²) in [6.45, 7) is 0. The lowest BCUT2D eigenvalue weighted by Gasteiger charge is -2.09. The largest absolute Gasteiger partial charge is 0.508 e. The maximum Gasteiger partial charge on any atom is 0.175 e. The maximum atomic E-state index is 14.6. The van der Waals surface area contributed by atoms with Crippen molar-refractivity contribution in [3.8, 4) is 39.5 Å². The van der Waals surface area contributed by atoms with Gasteiger partial charge in [-0.05, 0) is 42.5 Å². The van der Waals surface area contributed by atoms with E-state index < -0.39 is 5.82 Å². The van der Waals surface area contributed by atoms with Crippen LogP contribution in [0.4, 0.5) is 4.39 Å². The molecule has 27 heavy (non-hydrogen) atoms. The highest BCUT2D eigenvalue weighted by Crippen LogP contribution is 2.44. The fraction of sp³-hybridized carbons (Fsp3) is 0. The Morgan fingerprint density at radius 1 is 0.815 bits per heavy atom. The Morgan fingerprint density at radius 3 is 2.22 bits per heavy atom. The second-order valence-corrected chi connectivity index (χ2v) is 6.67. The minimum absolute atomic E-state index is 0.120. The Hall–Kier alpha value is -2.82. The van der Waals surface area contributed by atoms with E-state index in [2.05, 4.69) is 5.16 Å². The third-order valence-corrected chi connectivity index (χ3v) is 4.81. The Kier molecular flexibility index (Phi) is 4.60. The number of phenols is 1. The van der Waals surface area contributed by atoms with Gasteiger partial charge in [-0.1, -0.05) is 52.6 Å². The number of halogens is 3. The molecular weight excluding hydrogens is 388 g/mol. The van der Waals surface area contributed by atoms with Gasteiger partial charge >= 0.3 is 0 Å². The van der Waals surface area contributed by atoms with E-state index in [-0.39, 0.29) is 22.0 Å². The van der Waals surface area contributed by atoms with Gasteiger partial charge in [-0.25, -0.2) is 4.39 Å². The predicted octanol–water partition coefficient (Wildman–Crippen LogP) is 6.83. The minimum atomic E-state index is -0.513. The van der Waals surface area contributed by atoms with Crippen LogP contribution in [-0.2, 0) is 0 Å². The van der Waals surface area contributed by atoms with Crippen LogP contribution >= 0.6 is 23.2 Å². The van der Waals surface area contributed by atoms with Gasteiger partial charge in [0, 0.05) is 16.1 Å². The average Bonchev–Trinajstić information content (AvgIpc) is 3.07. The van der Waals surface area contributed by atoms with E-state index in [9.17, 15) is 9.50 Å². The van der Waals surface area contributed by atoms with Crippen molar-refractivity contribution < 1.29 is 14.0 Å². The zero-order valence-electron chi connectivity index (χ0n) is 13.8. The van der Waals surface area contributed by atoms with Gasteiger partial charge in [-0.15, -0.1) is 0 Å². The molecule has 4 aromatic rings. The van der Waals surface area contributed by atoms with Gasteiger partial charge in [-0.3, -0.25) is 0 Å². The maximum absolute atomic E-state index is 14.6. The molecule has 0 bridgehead atoms. The van der Waals surface area contributed by atoms with Gasteiger partial charge in [0.2, 0.25) is 0 Å². The van der Waals surface area contributed by atoms with E-state index in [0.29, 0.717) is 27.5 Å². The lowest BCUT2D eigenvalue weighted by molar-refractivity contribution is 0.434. The molecule has 0 atom stereocenters. The predicted molar refractivity (Wildman–Crippen MR) is 104 cm³/mol. The molecule has 0 saturated carbocycles. The standard InChI is InChI=1S/C21H12Cl2FNO2/c22-15-5-2-1-4-14(15)18-20(19-16(23)6-3-7-17(19)24)25-27-21(18)12-8-10-13(26)11-9-12/h1-11,26H. The van der Waals surface area contributed by atoms with Crippen LogP contribution in [0.15, 0.2) is 71.3 Å². The van der Waals surface area contributed by atoms with Crippen molar-refractivity contribution in [3.05, 3.63) is 82.6 Å². The Bertz CT molecular complexity index is 1100. The smallest absolute Gasteiger partial charge is 0.175 e. The first kappa shape index (κ1) is 17.6. The topological polar surface area (TPSA) is 46.3 Å². The van der Waals surface area contributed by atoms with Crippen LogP contribution in [0.25, 0.3) is 33.7 Å². The lowest BCUT2D eigenvalue weighted by atomic mass is 9.96. The highest BCUT2D eigenvalue weighted by atomic mass is 35.5.